The number of hydrogen-bond donors (Lipinski definition) is 3. The number of pyridine rings is 1. The highest BCUT2D eigenvalue weighted by molar-refractivity contribution is 5.98. The summed E-state index contributed by atoms with van der Waals surface area (Å²) in [5, 5.41) is 6.38. The zero-order chi connectivity index (χ0) is 25.4. The summed E-state index contributed by atoms with van der Waals surface area (Å²) >= 11 is 0. The van der Waals surface area contributed by atoms with Crippen molar-refractivity contribution in [2.75, 3.05) is 32.2 Å². The molecule has 3 aromatic rings. The van der Waals surface area contributed by atoms with Gasteiger partial charge in [-0.3, -0.25) is 9.59 Å². The normalized spacial score (nSPS) is 10.8. The first-order valence-corrected chi connectivity index (χ1v) is 11.9. The molecule has 0 aliphatic rings. The van der Waals surface area contributed by atoms with Crippen LogP contribution in [-0.4, -0.2) is 37.8 Å². The molecule has 0 saturated carbocycles. The fraction of sp³-hybridized carbons (Fsp3) is 0.357. The van der Waals surface area contributed by atoms with Crippen molar-refractivity contribution in [3.63, 3.8) is 0 Å². The molecule has 0 atom stereocenters. The van der Waals surface area contributed by atoms with Gasteiger partial charge in [-0.2, -0.15) is 0 Å². The molecule has 0 bridgehead atoms. The van der Waals surface area contributed by atoms with Gasteiger partial charge in [0.05, 0.1) is 6.61 Å². The molecule has 0 fully saturated rings. The van der Waals surface area contributed by atoms with Crippen LogP contribution in [-0.2, 0) is 11.3 Å². The second kappa shape index (κ2) is 12.2. The van der Waals surface area contributed by atoms with E-state index in [1.54, 1.807) is 13.2 Å². The van der Waals surface area contributed by atoms with E-state index >= 15 is 0 Å². The van der Waals surface area contributed by atoms with Gasteiger partial charge in [-0.05, 0) is 68.1 Å². The van der Waals surface area contributed by atoms with Crippen LogP contribution in [0.1, 0.15) is 46.2 Å². The van der Waals surface area contributed by atoms with Crippen LogP contribution >= 0.6 is 0 Å². The maximum Gasteiger partial charge on any atom is 0.251 e. The van der Waals surface area contributed by atoms with Crippen LogP contribution < -0.4 is 20.8 Å². The van der Waals surface area contributed by atoms with Crippen molar-refractivity contribution in [3.8, 4) is 16.9 Å². The standard InChI is InChI=1S/C28H35N3O4/c1-6-11-29-26-16-22(21-7-9-23(10-8-21)35-13-12-34-5)15-24(19(26)3)28(33)30-17-25-20(4)31-18(2)14-27(25)32/h7-10,14-16,29H,6,11-13,17H2,1-5H3,(H,30,33)(H,31,32). The Kier molecular flexibility index (Phi) is 9.09. The number of nitrogens with one attached hydrogen (secondary N) is 3. The SMILES string of the molecule is CCCNc1cc(-c2ccc(OCCOC)cc2)cc(C(=O)NCc2c(C)[nH]c(C)cc2=O)c1C. The number of methoxy groups -OCH3 is 1. The highest BCUT2D eigenvalue weighted by Gasteiger charge is 2.16. The van der Waals surface area contributed by atoms with E-state index in [1.165, 1.54) is 0 Å². The molecular formula is C28H35N3O4. The molecule has 1 heterocycles. The Balaban J connectivity index is 1.88. The fourth-order valence-corrected chi connectivity index (χ4v) is 3.91. The highest BCUT2D eigenvalue weighted by Crippen LogP contribution is 2.30. The van der Waals surface area contributed by atoms with E-state index in [9.17, 15) is 9.59 Å². The lowest BCUT2D eigenvalue weighted by molar-refractivity contribution is 0.0950. The lowest BCUT2D eigenvalue weighted by Crippen LogP contribution is -2.28. The molecule has 2 aromatic carbocycles. The Morgan fingerprint density at radius 3 is 2.40 bits per heavy atom. The van der Waals surface area contributed by atoms with Crippen molar-refractivity contribution in [2.45, 2.75) is 40.7 Å². The second-order valence-corrected chi connectivity index (χ2v) is 8.59. The van der Waals surface area contributed by atoms with E-state index in [1.807, 2.05) is 51.1 Å². The third-order valence-electron chi connectivity index (χ3n) is 5.87. The summed E-state index contributed by atoms with van der Waals surface area (Å²) < 4.78 is 10.7. The molecule has 0 saturated heterocycles. The van der Waals surface area contributed by atoms with Gasteiger partial charge in [0.2, 0.25) is 0 Å². The highest BCUT2D eigenvalue weighted by atomic mass is 16.5. The number of H-pyrrole nitrogens is 1. The molecule has 1 amide bonds. The van der Waals surface area contributed by atoms with Gasteiger partial charge >= 0.3 is 0 Å². The van der Waals surface area contributed by atoms with Crippen LogP contribution in [0.3, 0.4) is 0 Å². The molecule has 35 heavy (non-hydrogen) atoms. The van der Waals surface area contributed by atoms with Gasteiger partial charge < -0.3 is 25.1 Å². The summed E-state index contributed by atoms with van der Waals surface area (Å²) in [4.78, 5) is 28.8. The average molecular weight is 478 g/mol. The number of ether oxygens (including phenoxy) is 2. The molecule has 0 spiro atoms. The number of aromatic nitrogens is 1. The van der Waals surface area contributed by atoms with Crippen molar-refractivity contribution in [1.82, 2.24) is 10.3 Å². The lowest BCUT2D eigenvalue weighted by Gasteiger charge is -2.17. The average Bonchev–Trinajstić information content (AvgIpc) is 2.83. The molecule has 3 N–H and O–H groups in total. The van der Waals surface area contributed by atoms with Crippen molar-refractivity contribution >= 4 is 11.6 Å². The summed E-state index contributed by atoms with van der Waals surface area (Å²) in [5.41, 5.74) is 6.30. The topological polar surface area (TPSA) is 92.4 Å². The van der Waals surface area contributed by atoms with E-state index in [0.29, 0.717) is 24.3 Å². The minimum Gasteiger partial charge on any atom is -0.491 e. The first kappa shape index (κ1) is 26.0. The van der Waals surface area contributed by atoms with E-state index in [0.717, 1.165) is 52.5 Å². The van der Waals surface area contributed by atoms with Crippen molar-refractivity contribution < 1.29 is 14.3 Å². The van der Waals surface area contributed by atoms with Gasteiger partial charge in [-0.1, -0.05) is 19.1 Å². The predicted molar refractivity (Wildman–Crippen MR) is 140 cm³/mol. The monoisotopic (exact) mass is 477 g/mol. The lowest BCUT2D eigenvalue weighted by atomic mass is 9.97. The van der Waals surface area contributed by atoms with Gasteiger partial charge in [0.25, 0.3) is 5.91 Å². The van der Waals surface area contributed by atoms with Crippen molar-refractivity contribution in [3.05, 3.63) is 80.8 Å². The third-order valence-corrected chi connectivity index (χ3v) is 5.87. The number of rotatable bonds is 11. The van der Waals surface area contributed by atoms with Crippen LogP contribution in [0, 0.1) is 20.8 Å². The van der Waals surface area contributed by atoms with Crippen LogP contribution in [0.15, 0.2) is 47.3 Å². The minimum atomic E-state index is -0.220. The quantitative estimate of drug-likeness (QED) is 0.347. The zero-order valence-electron chi connectivity index (χ0n) is 21.2. The number of amides is 1. The Morgan fingerprint density at radius 2 is 1.74 bits per heavy atom. The van der Waals surface area contributed by atoms with Crippen LogP contribution in [0.5, 0.6) is 5.75 Å². The molecule has 7 heteroatoms. The Hall–Kier alpha value is -3.58. The van der Waals surface area contributed by atoms with Crippen molar-refractivity contribution in [2.24, 2.45) is 0 Å². The number of benzene rings is 2. The molecule has 7 nitrogen and oxygen atoms in total. The van der Waals surface area contributed by atoms with E-state index in [-0.39, 0.29) is 17.9 Å². The van der Waals surface area contributed by atoms with Gasteiger partial charge in [0.15, 0.2) is 5.43 Å². The summed E-state index contributed by atoms with van der Waals surface area (Å²) in [6.45, 7) is 9.70. The molecule has 1 aromatic heterocycles. The van der Waals surface area contributed by atoms with E-state index in [2.05, 4.69) is 28.6 Å². The van der Waals surface area contributed by atoms with Crippen LogP contribution in [0.25, 0.3) is 11.1 Å². The van der Waals surface area contributed by atoms with Gasteiger partial charge in [-0.25, -0.2) is 0 Å². The van der Waals surface area contributed by atoms with E-state index < -0.39 is 0 Å². The smallest absolute Gasteiger partial charge is 0.251 e. The summed E-state index contributed by atoms with van der Waals surface area (Å²) in [6.07, 6.45) is 0.966. The zero-order valence-corrected chi connectivity index (χ0v) is 21.2. The van der Waals surface area contributed by atoms with Crippen LogP contribution in [0.2, 0.25) is 0 Å². The largest absolute Gasteiger partial charge is 0.491 e. The molecule has 186 valence electrons. The fourth-order valence-electron chi connectivity index (χ4n) is 3.91. The van der Waals surface area contributed by atoms with Gasteiger partial charge in [-0.15, -0.1) is 0 Å². The molecule has 0 aliphatic heterocycles. The van der Waals surface area contributed by atoms with Gasteiger partial charge in [0, 0.05) is 54.5 Å². The molecule has 0 aliphatic carbocycles. The number of anilines is 1. The second-order valence-electron chi connectivity index (χ2n) is 8.59. The molecular weight excluding hydrogens is 442 g/mol. The summed E-state index contributed by atoms with van der Waals surface area (Å²) in [5.74, 6) is 0.543. The van der Waals surface area contributed by atoms with E-state index in [4.69, 9.17) is 9.47 Å². The Bertz CT molecular complexity index is 1220. The number of aromatic amines is 1. The summed E-state index contributed by atoms with van der Waals surface area (Å²) in [6, 6.07) is 13.3. The Labute approximate surface area is 206 Å². The Morgan fingerprint density at radius 1 is 1.00 bits per heavy atom. The van der Waals surface area contributed by atoms with Crippen LogP contribution in [0.4, 0.5) is 5.69 Å². The first-order chi connectivity index (χ1) is 16.8. The number of hydrogen-bond acceptors (Lipinski definition) is 5. The molecule has 0 unspecified atom stereocenters. The maximum atomic E-state index is 13.3. The first-order valence-electron chi connectivity index (χ1n) is 11.9. The summed E-state index contributed by atoms with van der Waals surface area (Å²) in [7, 11) is 1.64. The molecule has 0 radical (unpaired) electrons. The maximum absolute atomic E-state index is 13.3. The number of aryl methyl sites for hydroxylation is 2. The third kappa shape index (κ3) is 6.73. The predicted octanol–water partition coefficient (Wildman–Crippen LogP) is 4.74. The minimum absolute atomic E-state index is 0.0809. The van der Waals surface area contributed by atoms with Crippen molar-refractivity contribution in [1.29, 1.82) is 0 Å². The number of carbonyl (C=O) groups is 1. The number of carbonyl (C=O) groups excluding carboxylic acids is 1. The molecule has 3 rings (SSSR count). The van der Waals surface area contributed by atoms with Gasteiger partial charge in [0.1, 0.15) is 12.4 Å².